The fourth-order valence-electron chi connectivity index (χ4n) is 1.66. The Hall–Kier alpha value is -1.81. The average molecular weight is 280 g/mol. The minimum atomic E-state index is -0.679. The van der Waals surface area contributed by atoms with E-state index in [0.29, 0.717) is 28.5 Å². The molecule has 1 aromatic carbocycles. The van der Waals surface area contributed by atoms with Crippen LogP contribution in [0.5, 0.6) is 0 Å². The first-order chi connectivity index (χ1) is 8.99. The Morgan fingerprint density at radius 2 is 2.16 bits per heavy atom. The molecule has 0 aliphatic heterocycles. The molecule has 1 N–H and O–H groups in total. The second-order valence-electron chi connectivity index (χ2n) is 4.71. The van der Waals surface area contributed by atoms with E-state index in [1.807, 2.05) is 13.8 Å². The molecular weight excluding hydrogens is 266 g/mol. The molecule has 1 heterocycles. The van der Waals surface area contributed by atoms with Gasteiger partial charge in [-0.1, -0.05) is 37.6 Å². The number of hydrogen-bond acceptors (Lipinski definition) is 3. The van der Waals surface area contributed by atoms with Crippen molar-refractivity contribution in [2.45, 2.75) is 13.8 Å². The lowest BCUT2D eigenvalue weighted by Gasteiger charge is -2.07. The first-order valence-corrected chi connectivity index (χ1v) is 6.37. The highest BCUT2D eigenvalue weighted by Crippen LogP contribution is 2.22. The molecule has 0 aliphatic rings. The molecule has 100 valence electrons. The zero-order valence-electron chi connectivity index (χ0n) is 10.7. The van der Waals surface area contributed by atoms with Crippen LogP contribution < -0.4 is 10.9 Å². The van der Waals surface area contributed by atoms with E-state index in [-0.39, 0.29) is 5.56 Å². The summed E-state index contributed by atoms with van der Waals surface area (Å²) in [6.07, 6.45) is 0. The van der Waals surface area contributed by atoms with E-state index in [4.69, 9.17) is 16.0 Å². The molecule has 0 saturated heterocycles. The Morgan fingerprint density at radius 3 is 2.84 bits per heavy atom. The number of para-hydroxylation sites is 1. The molecule has 0 saturated carbocycles. The van der Waals surface area contributed by atoms with Crippen molar-refractivity contribution in [3.63, 3.8) is 0 Å². The maximum Gasteiger partial charge on any atom is 0.349 e. The standard InChI is InChI=1S/C14H14ClNO3/c1-8(2)7-16-13(17)10-6-9-4-3-5-11(15)12(9)19-14(10)18/h3-6,8H,7H2,1-2H3,(H,16,17). The number of halogens is 1. The van der Waals surface area contributed by atoms with E-state index >= 15 is 0 Å². The first kappa shape index (κ1) is 13.6. The van der Waals surface area contributed by atoms with Gasteiger partial charge < -0.3 is 9.73 Å². The molecule has 0 aliphatic carbocycles. The van der Waals surface area contributed by atoms with E-state index in [9.17, 15) is 9.59 Å². The van der Waals surface area contributed by atoms with Crippen LogP contribution in [0.15, 0.2) is 33.5 Å². The van der Waals surface area contributed by atoms with Gasteiger partial charge in [0.2, 0.25) is 0 Å². The van der Waals surface area contributed by atoms with Gasteiger partial charge in [-0.05, 0) is 18.1 Å². The van der Waals surface area contributed by atoms with E-state index in [2.05, 4.69) is 5.32 Å². The number of amides is 1. The monoisotopic (exact) mass is 279 g/mol. The lowest BCUT2D eigenvalue weighted by molar-refractivity contribution is 0.0945. The summed E-state index contributed by atoms with van der Waals surface area (Å²) >= 11 is 5.93. The molecule has 0 radical (unpaired) electrons. The van der Waals surface area contributed by atoms with Crippen molar-refractivity contribution in [1.29, 1.82) is 0 Å². The van der Waals surface area contributed by atoms with Gasteiger partial charge in [0.15, 0.2) is 5.58 Å². The van der Waals surface area contributed by atoms with Crippen LogP contribution in [-0.4, -0.2) is 12.5 Å². The van der Waals surface area contributed by atoms with Crippen LogP contribution in [0.2, 0.25) is 5.02 Å². The highest BCUT2D eigenvalue weighted by molar-refractivity contribution is 6.34. The second kappa shape index (κ2) is 5.45. The molecule has 2 aromatic rings. The van der Waals surface area contributed by atoms with Crippen LogP contribution in [0.1, 0.15) is 24.2 Å². The van der Waals surface area contributed by atoms with Crippen molar-refractivity contribution in [2.75, 3.05) is 6.54 Å². The molecule has 4 nitrogen and oxygen atoms in total. The van der Waals surface area contributed by atoms with E-state index < -0.39 is 11.5 Å². The largest absolute Gasteiger partial charge is 0.421 e. The molecule has 1 aromatic heterocycles. The Balaban J connectivity index is 2.42. The summed E-state index contributed by atoms with van der Waals surface area (Å²) in [7, 11) is 0. The van der Waals surface area contributed by atoms with E-state index in [1.165, 1.54) is 6.07 Å². The summed E-state index contributed by atoms with van der Waals surface area (Å²) in [4.78, 5) is 23.7. The summed E-state index contributed by atoms with van der Waals surface area (Å²) in [6, 6.07) is 6.61. The first-order valence-electron chi connectivity index (χ1n) is 5.99. The Labute approximate surface area is 115 Å². The topological polar surface area (TPSA) is 59.3 Å². The summed E-state index contributed by atoms with van der Waals surface area (Å²) in [5, 5.41) is 3.66. The van der Waals surface area contributed by atoms with Gasteiger partial charge in [-0.15, -0.1) is 0 Å². The third-order valence-corrected chi connectivity index (χ3v) is 2.93. The fourth-order valence-corrected chi connectivity index (χ4v) is 1.88. The Kier molecular flexibility index (Phi) is 3.90. The smallest absolute Gasteiger partial charge is 0.349 e. The number of nitrogens with one attached hydrogen (secondary N) is 1. The van der Waals surface area contributed by atoms with Gasteiger partial charge in [0, 0.05) is 11.9 Å². The number of carbonyl (C=O) groups is 1. The van der Waals surface area contributed by atoms with Crippen molar-refractivity contribution in [3.05, 3.63) is 45.3 Å². The van der Waals surface area contributed by atoms with Crippen LogP contribution in [0.4, 0.5) is 0 Å². The number of hydrogen-bond donors (Lipinski definition) is 1. The zero-order chi connectivity index (χ0) is 14.0. The van der Waals surface area contributed by atoms with Gasteiger partial charge in [-0.3, -0.25) is 4.79 Å². The SMILES string of the molecule is CC(C)CNC(=O)c1cc2cccc(Cl)c2oc1=O. The van der Waals surface area contributed by atoms with E-state index in [0.717, 1.165) is 0 Å². The van der Waals surface area contributed by atoms with Crippen LogP contribution in [-0.2, 0) is 0 Å². The summed E-state index contributed by atoms with van der Waals surface area (Å²) < 4.78 is 5.10. The molecule has 0 atom stereocenters. The molecular formula is C14H14ClNO3. The van der Waals surface area contributed by atoms with Gasteiger partial charge in [-0.25, -0.2) is 4.79 Å². The van der Waals surface area contributed by atoms with Crippen molar-refractivity contribution in [1.82, 2.24) is 5.32 Å². The number of carbonyl (C=O) groups excluding carboxylic acids is 1. The highest BCUT2D eigenvalue weighted by atomic mass is 35.5. The third-order valence-electron chi connectivity index (χ3n) is 2.63. The number of rotatable bonds is 3. The number of fused-ring (bicyclic) bond motifs is 1. The van der Waals surface area contributed by atoms with Crippen LogP contribution in [0.25, 0.3) is 11.0 Å². The highest BCUT2D eigenvalue weighted by Gasteiger charge is 2.14. The second-order valence-corrected chi connectivity index (χ2v) is 5.12. The molecule has 2 rings (SSSR count). The molecule has 0 fully saturated rings. The van der Waals surface area contributed by atoms with Gasteiger partial charge in [-0.2, -0.15) is 0 Å². The van der Waals surface area contributed by atoms with Gasteiger partial charge in [0.05, 0.1) is 5.02 Å². The van der Waals surface area contributed by atoms with Gasteiger partial charge in [0.25, 0.3) is 5.91 Å². The minimum Gasteiger partial charge on any atom is -0.421 e. The van der Waals surface area contributed by atoms with Crippen molar-refractivity contribution < 1.29 is 9.21 Å². The van der Waals surface area contributed by atoms with E-state index in [1.54, 1.807) is 18.2 Å². The Morgan fingerprint density at radius 1 is 1.42 bits per heavy atom. The molecule has 19 heavy (non-hydrogen) atoms. The van der Waals surface area contributed by atoms with Crippen molar-refractivity contribution >= 4 is 28.5 Å². The van der Waals surface area contributed by atoms with Gasteiger partial charge >= 0.3 is 5.63 Å². The minimum absolute atomic E-state index is 0.00424. The maximum atomic E-state index is 11.9. The van der Waals surface area contributed by atoms with Crippen molar-refractivity contribution in [3.8, 4) is 0 Å². The van der Waals surface area contributed by atoms with Crippen molar-refractivity contribution in [2.24, 2.45) is 5.92 Å². The van der Waals surface area contributed by atoms with Crippen LogP contribution in [0, 0.1) is 5.92 Å². The quantitative estimate of drug-likeness (QED) is 0.879. The zero-order valence-corrected chi connectivity index (χ0v) is 11.5. The normalized spacial score (nSPS) is 10.9. The lowest BCUT2D eigenvalue weighted by Crippen LogP contribution is -2.31. The summed E-state index contributed by atoms with van der Waals surface area (Å²) in [6.45, 7) is 4.46. The fraction of sp³-hybridized carbons (Fsp3) is 0.286. The summed E-state index contributed by atoms with van der Waals surface area (Å²) in [5.41, 5.74) is -0.383. The molecule has 0 bridgehead atoms. The predicted octanol–water partition coefficient (Wildman–Crippen LogP) is 2.83. The molecule has 0 spiro atoms. The van der Waals surface area contributed by atoms with Gasteiger partial charge in [0.1, 0.15) is 5.56 Å². The third kappa shape index (κ3) is 2.96. The Bertz CT molecular complexity index is 676. The van der Waals surface area contributed by atoms with Crippen LogP contribution >= 0.6 is 11.6 Å². The predicted molar refractivity (Wildman–Crippen MR) is 74.7 cm³/mol. The number of benzene rings is 1. The molecule has 5 heteroatoms. The average Bonchev–Trinajstić information content (AvgIpc) is 2.36. The van der Waals surface area contributed by atoms with Crippen LogP contribution in [0.3, 0.4) is 0 Å². The summed E-state index contributed by atoms with van der Waals surface area (Å²) in [5.74, 6) is -0.116. The molecule has 0 unspecified atom stereocenters. The molecule has 1 amide bonds. The maximum absolute atomic E-state index is 11.9. The lowest BCUT2D eigenvalue weighted by atomic mass is 10.1.